The lowest BCUT2D eigenvalue weighted by molar-refractivity contribution is -0.384. The molecule has 246 valence electrons. The minimum atomic E-state index is -2.15. The highest BCUT2D eigenvalue weighted by Gasteiger charge is 2.76. The van der Waals surface area contributed by atoms with Crippen molar-refractivity contribution < 1.29 is 33.6 Å². The lowest BCUT2D eigenvalue weighted by atomic mass is 9.56. The highest BCUT2D eigenvalue weighted by atomic mass is 35.5. The lowest BCUT2D eigenvalue weighted by Gasteiger charge is -2.51. The van der Waals surface area contributed by atoms with Crippen LogP contribution in [0.4, 0.5) is 21.5 Å². The number of hydrogen-bond donors (Lipinski definition) is 1. The molecule has 6 unspecified atom stereocenters. The predicted molar refractivity (Wildman–Crippen MR) is 178 cm³/mol. The molecule has 0 bridgehead atoms. The standard InChI is InChI=1S/C36H24Cl2FN3O7/c37-35-17-27-25(12-13-26-29(27)32(45)40(31(26)44)20-4-3-5-21(16-20)42(48)49)30(24-14-15-28(43)23-7-2-1-6-22(23)24)36(35,38)34(47)41(33(35)46)19-10-8-18(39)9-11-19/h1-12,14-16,26-27,29-30,43H,13,17H2. The summed E-state index contributed by atoms with van der Waals surface area (Å²) < 4.78 is 13.9. The van der Waals surface area contributed by atoms with E-state index in [2.05, 4.69) is 0 Å². The van der Waals surface area contributed by atoms with E-state index in [1.165, 1.54) is 36.4 Å². The van der Waals surface area contributed by atoms with E-state index in [1.807, 2.05) is 0 Å². The van der Waals surface area contributed by atoms with Gasteiger partial charge in [0.2, 0.25) is 11.8 Å². The molecule has 8 rings (SSSR count). The Balaban J connectivity index is 1.33. The molecule has 0 spiro atoms. The summed E-state index contributed by atoms with van der Waals surface area (Å²) in [6.07, 6.45) is 1.58. The second-order valence-electron chi connectivity index (χ2n) is 12.8. The molecule has 2 heterocycles. The smallest absolute Gasteiger partial charge is 0.271 e. The molecule has 0 radical (unpaired) electrons. The molecule has 2 aliphatic carbocycles. The average molecular weight is 701 g/mol. The Morgan fingerprint density at radius 1 is 0.816 bits per heavy atom. The number of anilines is 2. The van der Waals surface area contributed by atoms with Gasteiger partial charge in [-0.15, -0.1) is 23.2 Å². The summed E-state index contributed by atoms with van der Waals surface area (Å²) in [5, 5.41) is 23.2. The SMILES string of the molecule is O=C1C2CC=C3C(CC4(Cl)C(=O)N(c5ccc(F)cc5)C(=O)C4(Cl)C3c3ccc(O)c4ccccc34)C2C(=O)N1c1cccc([N+](=O)[O-])c1. The van der Waals surface area contributed by atoms with Crippen LogP contribution in [0.5, 0.6) is 5.75 Å². The maximum absolute atomic E-state index is 14.6. The van der Waals surface area contributed by atoms with Crippen LogP contribution in [0.15, 0.2) is 96.6 Å². The third-order valence-corrected chi connectivity index (χ3v) is 11.9. The number of carbonyl (C=O) groups is 4. The molecule has 10 nitrogen and oxygen atoms in total. The molecule has 3 fully saturated rings. The number of hydrogen-bond acceptors (Lipinski definition) is 7. The number of phenols is 1. The topological polar surface area (TPSA) is 138 Å². The quantitative estimate of drug-likeness (QED) is 0.0860. The molecule has 2 aliphatic heterocycles. The molecule has 4 aromatic rings. The number of allylic oxidation sites excluding steroid dienone is 2. The minimum absolute atomic E-state index is 0.0314. The second-order valence-corrected chi connectivity index (χ2v) is 14.0. The molecular weight excluding hydrogens is 676 g/mol. The van der Waals surface area contributed by atoms with Crippen molar-refractivity contribution in [2.24, 2.45) is 17.8 Å². The van der Waals surface area contributed by atoms with E-state index in [-0.39, 0.29) is 35.7 Å². The minimum Gasteiger partial charge on any atom is -0.507 e. The first-order chi connectivity index (χ1) is 23.4. The number of fused-ring (bicyclic) bond motifs is 5. The third-order valence-electron chi connectivity index (χ3n) is 10.4. The number of amides is 4. The fourth-order valence-electron chi connectivity index (χ4n) is 8.30. The first-order valence-corrected chi connectivity index (χ1v) is 16.2. The number of nitro groups is 1. The van der Waals surface area contributed by atoms with Crippen molar-refractivity contribution in [2.75, 3.05) is 9.80 Å². The van der Waals surface area contributed by atoms with Crippen molar-refractivity contribution in [3.05, 3.63) is 118 Å². The van der Waals surface area contributed by atoms with Crippen LogP contribution >= 0.6 is 23.2 Å². The molecule has 49 heavy (non-hydrogen) atoms. The van der Waals surface area contributed by atoms with Crippen LogP contribution in [-0.2, 0) is 19.2 Å². The molecule has 4 aromatic carbocycles. The maximum Gasteiger partial charge on any atom is 0.271 e. The number of benzene rings is 4. The number of halogens is 3. The number of carbonyl (C=O) groups excluding carboxylic acids is 4. The summed E-state index contributed by atoms with van der Waals surface area (Å²) in [6, 6.07) is 19.9. The summed E-state index contributed by atoms with van der Waals surface area (Å²) in [4.78, 5) is 65.7. The van der Waals surface area contributed by atoms with Crippen molar-refractivity contribution >= 4 is 74.7 Å². The largest absolute Gasteiger partial charge is 0.507 e. The number of imide groups is 2. The number of nitrogens with zero attached hydrogens (tertiary/aromatic N) is 3. The number of non-ortho nitro benzene ring substituents is 1. The zero-order chi connectivity index (χ0) is 34.6. The van der Waals surface area contributed by atoms with E-state index >= 15 is 0 Å². The van der Waals surface area contributed by atoms with E-state index in [0.717, 1.165) is 28.0 Å². The normalized spacial score (nSPS) is 29.2. The van der Waals surface area contributed by atoms with Crippen LogP contribution in [0.25, 0.3) is 10.8 Å². The van der Waals surface area contributed by atoms with E-state index in [1.54, 1.807) is 36.4 Å². The number of nitro benzene ring substituents is 1. The van der Waals surface area contributed by atoms with Crippen molar-refractivity contribution in [3.8, 4) is 5.75 Å². The first-order valence-electron chi connectivity index (χ1n) is 15.4. The van der Waals surface area contributed by atoms with Crippen LogP contribution in [0.3, 0.4) is 0 Å². The average Bonchev–Trinajstić information content (AvgIpc) is 3.43. The third kappa shape index (κ3) is 4.12. The lowest BCUT2D eigenvalue weighted by Crippen LogP contribution is -2.60. The van der Waals surface area contributed by atoms with E-state index in [4.69, 9.17) is 23.2 Å². The summed E-state index contributed by atoms with van der Waals surface area (Å²) in [7, 11) is 0. The molecule has 2 saturated heterocycles. The second kappa shape index (κ2) is 10.7. The fraction of sp³-hybridized carbons (Fsp3) is 0.222. The molecule has 0 aromatic heterocycles. The summed E-state index contributed by atoms with van der Waals surface area (Å²) in [5.74, 6) is -7.36. The molecule has 6 atom stereocenters. The van der Waals surface area contributed by atoms with Crippen LogP contribution in [0.2, 0.25) is 0 Å². The van der Waals surface area contributed by atoms with Gasteiger partial charge in [-0.1, -0.05) is 48.0 Å². The number of phenolic OH excluding ortho intramolecular Hbond substituents is 1. The maximum atomic E-state index is 14.6. The molecule has 4 aliphatic rings. The van der Waals surface area contributed by atoms with Gasteiger partial charge in [0.15, 0.2) is 9.75 Å². The van der Waals surface area contributed by atoms with Gasteiger partial charge in [-0.05, 0) is 66.1 Å². The van der Waals surface area contributed by atoms with Gasteiger partial charge >= 0.3 is 0 Å². The highest BCUT2D eigenvalue weighted by molar-refractivity contribution is 6.58. The van der Waals surface area contributed by atoms with Gasteiger partial charge in [0, 0.05) is 23.4 Å². The molecule has 1 N–H and O–H groups in total. The Bertz CT molecular complexity index is 2210. The van der Waals surface area contributed by atoms with Gasteiger partial charge in [0.25, 0.3) is 17.5 Å². The van der Waals surface area contributed by atoms with Crippen LogP contribution in [-0.4, -0.2) is 43.4 Å². The molecule has 1 saturated carbocycles. The van der Waals surface area contributed by atoms with Gasteiger partial charge < -0.3 is 5.11 Å². The fourth-order valence-corrected chi connectivity index (χ4v) is 9.23. The monoisotopic (exact) mass is 699 g/mol. The van der Waals surface area contributed by atoms with Gasteiger partial charge in [-0.2, -0.15) is 0 Å². The Kier molecular flexibility index (Phi) is 6.79. The Morgan fingerprint density at radius 2 is 1.53 bits per heavy atom. The van der Waals surface area contributed by atoms with Crippen molar-refractivity contribution in [2.45, 2.75) is 28.5 Å². The summed E-state index contributed by atoms with van der Waals surface area (Å²) >= 11 is 14.9. The van der Waals surface area contributed by atoms with Gasteiger partial charge in [-0.25, -0.2) is 14.2 Å². The van der Waals surface area contributed by atoms with Gasteiger partial charge in [0.1, 0.15) is 11.6 Å². The number of aromatic hydroxyl groups is 1. The van der Waals surface area contributed by atoms with Gasteiger partial charge in [0.05, 0.1) is 28.1 Å². The Hall–Kier alpha value is -5.13. The van der Waals surface area contributed by atoms with E-state index < -0.39 is 67.8 Å². The van der Waals surface area contributed by atoms with Crippen LogP contribution < -0.4 is 9.80 Å². The summed E-state index contributed by atoms with van der Waals surface area (Å²) in [6.45, 7) is 0. The van der Waals surface area contributed by atoms with E-state index in [0.29, 0.717) is 21.9 Å². The van der Waals surface area contributed by atoms with Crippen LogP contribution in [0, 0.1) is 33.7 Å². The van der Waals surface area contributed by atoms with Crippen molar-refractivity contribution in [1.29, 1.82) is 0 Å². The molecule has 4 amide bonds. The number of rotatable bonds is 4. The molecule has 13 heteroatoms. The molecular formula is C36H24Cl2FN3O7. The predicted octanol–water partition coefficient (Wildman–Crippen LogP) is 6.36. The zero-order valence-electron chi connectivity index (χ0n) is 25.3. The first kappa shape index (κ1) is 31.2. The number of alkyl halides is 2. The zero-order valence-corrected chi connectivity index (χ0v) is 26.8. The Morgan fingerprint density at radius 3 is 2.24 bits per heavy atom. The van der Waals surface area contributed by atoms with Crippen molar-refractivity contribution in [1.82, 2.24) is 0 Å². The van der Waals surface area contributed by atoms with E-state index in [9.17, 15) is 38.8 Å². The Labute approximate surface area is 287 Å². The van der Waals surface area contributed by atoms with Crippen molar-refractivity contribution in [3.63, 3.8) is 0 Å². The summed E-state index contributed by atoms with van der Waals surface area (Å²) in [5.41, 5.74) is 0.800. The highest BCUT2D eigenvalue weighted by Crippen LogP contribution is 2.66. The van der Waals surface area contributed by atoms with Gasteiger partial charge in [-0.3, -0.25) is 29.3 Å². The van der Waals surface area contributed by atoms with Crippen LogP contribution in [0.1, 0.15) is 24.3 Å².